The third-order valence-corrected chi connectivity index (χ3v) is 14.8. The second-order valence-electron chi connectivity index (χ2n) is 18.9. The van der Waals surface area contributed by atoms with Crippen molar-refractivity contribution in [3.8, 4) is 44.5 Å². The third kappa shape index (κ3) is 5.23. The molecule has 0 nitrogen and oxygen atoms in total. The summed E-state index contributed by atoms with van der Waals surface area (Å²) in [6.45, 7) is 9.52. The Morgan fingerprint density at radius 1 is 0.297 bits per heavy atom. The first-order chi connectivity index (χ1) is 31.3. The van der Waals surface area contributed by atoms with Gasteiger partial charge in [-0.25, -0.2) is 0 Å². The van der Waals surface area contributed by atoms with Gasteiger partial charge in [-0.3, -0.25) is 0 Å². The molecular weight excluding hydrogens is 769 g/mol. The fourth-order valence-electron chi connectivity index (χ4n) is 11.8. The van der Waals surface area contributed by atoms with Gasteiger partial charge in [-0.15, -0.1) is 0 Å². The molecule has 1 aliphatic carbocycles. The van der Waals surface area contributed by atoms with Crippen molar-refractivity contribution in [3.63, 3.8) is 0 Å². The van der Waals surface area contributed by atoms with Crippen molar-refractivity contribution >= 4 is 75.4 Å². The van der Waals surface area contributed by atoms with Crippen molar-refractivity contribution in [1.29, 1.82) is 0 Å². The van der Waals surface area contributed by atoms with E-state index < -0.39 is 0 Å². The van der Waals surface area contributed by atoms with Crippen molar-refractivity contribution in [2.24, 2.45) is 0 Å². The van der Waals surface area contributed by atoms with Crippen LogP contribution in [-0.4, -0.2) is 0 Å². The average molecular weight is 815 g/mol. The summed E-state index contributed by atoms with van der Waals surface area (Å²) >= 11 is 0. The van der Waals surface area contributed by atoms with E-state index in [-0.39, 0.29) is 5.41 Å². The van der Waals surface area contributed by atoms with Crippen LogP contribution in [0.5, 0.6) is 0 Å². The molecule has 0 N–H and O–H groups in total. The van der Waals surface area contributed by atoms with Gasteiger partial charge in [0.1, 0.15) is 0 Å². The normalized spacial score (nSPS) is 13.3. The highest BCUT2D eigenvalue weighted by Gasteiger charge is 2.36. The van der Waals surface area contributed by atoms with Crippen LogP contribution in [0.25, 0.3) is 120 Å². The highest BCUT2D eigenvalue weighted by atomic mass is 14.4. The average Bonchev–Trinajstić information content (AvgIpc) is 3.56. The lowest BCUT2D eigenvalue weighted by atomic mass is 9.79. The van der Waals surface area contributed by atoms with Crippen LogP contribution in [0.15, 0.2) is 200 Å². The SMILES string of the molecule is CC(C)c1cc(-c2c3ccccc3c(-c3ccc4c(c3)C(C)(C)c3cc5c6ccccc6c6ccccc6c5cc3-4)c3ccccc23)ccc1-c1cc2ccccc2c2ccccc12. The summed E-state index contributed by atoms with van der Waals surface area (Å²) in [5.41, 5.74) is 14.4. The minimum atomic E-state index is -0.182. The number of rotatable bonds is 4. The fourth-order valence-corrected chi connectivity index (χ4v) is 11.8. The molecule has 0 aromatic heterocycles. The molecule has 0 saturated carbocycles. The van der Waals surface area contributed by atoms with Crippen LogP contribution in [0.1, 0.15) is 50.3 Å². The summed E-state index contributed by atoms with van der Waals surface area (Å²) in [5.74, 6) is 0.325. The van der Waals surface area contributed by atoms with Gasteiger partial charge in [0.05, 0.1) is 0 Å². The zero-order valence-corrected chi connectivity index (χ0v) is 36.6. The number of hydrogen-bond acceptors (Lipinski definition) is 0. The first-order valence-corrected chi connectivity index (χ1v) is 22.9. The maximum absolute atomic E-state index is 2.52. The predicted molar refractivity (Wildman–Crippen MR) is 277 cm³/mol. The van der Waals surface area contributed by atoms with Gasteiger partial charge >= 0.3 is 0 Å². The Hall–Kier alpha value is -7.54. The molecule has 12 aromatic carbocycles. The molecular formula is C64H46. The topological polar surface area (TPSA) is 0 Å². The quantitative estimate of drug-likeness (QED) is 0.123. The maximum Gasteiger partial charge on any atom is 0.0159 e. The van der Waals surface area contributed by atoms with Gasteiger partial charge in [-0.1, -0.05) is 204 Å². The lowest BCUT2D eigenvalue weighted by Gasteiger charge is -2.24. The van der Waals surface area contributed by atoms with Crippen LogP contribution < -0.4 is 0 Å². The van der Waals surface area contributed by atoms with E-state index in [2.05, 4.69) is 228 Å². The number of fused-ring (bicyclic) bond motifs is 14. The third-order valence-electron chi connectivity index (χ3n) is 14.8. The van der Waals surface area contributed by atoms with Gasteiger partial charge in [0, 0.05) is 5.41 Å². The molecule has 0 spiro atoms. The summed E-state index contributed by atoms with van der Waals surface area (Å²) in [4.78, 5) is 0. The van der Waals surface area contributed by atoms with Gasteiger partial charge in [0.15, 0.2) is 0 Å². The molecule has 0 radical (unpaired) electrons. The molecule has 0 heterocycles. The summed E-state index contributed by atoms with van der Waals surface area (Å²) in [7, 11) is 0. The molecule has 64 heavy (non-hydrogen) atoms. The molecule has 0 bridgehead atoms. The zero-order valence-electron chi connectivity index (χ0n) is 36.6. The highest BCUT2D eigenvalue weighted by molar-refractivity contribution is 6.27. The minimum Gasteiger partial charge on any atom is -0.0616 e. The van der Waals surface area contributed by atoms with E-state index >= 15 is 0 Å². The monoisotopic (exact) mass is 814 g/mol. The minimum absolute atomic E-state index is 0.182. The summed E-state index contributed by atoms with van der Waals surface area (Å²) in [6.07, 6.45) is 0. The second kappa shape index (κ2) is 13.7. The largest absolute Gasteiger partial charge is 0.0616 e. The van der Waals surface area contributed by atoms with Gasteiger partial charge in [0.25, 0.3) is 0 Å². The molecule has 13 rings (SSSR count). The van der Waals surface area contributed by atoms with Gasteiger partial charge in [-0.05, 0) is 167 Å². The van der Waals surface area contributed by atoms with Crippen molar-refractivity contribution in [2.75, 3.05) is 0 Å². The number of hydrogen-bond donors (Lipinski definition) is 0. The Morgan fingerprint density at radius 2 is 0.703 bits per heavy atom. The van der Waals surface area contributed by atoms with E-state index in [1.165, 1.54) is 137 Å². The molecule has 1 aliphatic rings. The molecule has 0 saturated heterocycles. The Morgan fingerprint density at radius 3 is 1.25 bits per heavy atom. The van der Waals surface area contributed by atoms with Crippen molar-refractivity contribution in [2.45, 2.75) is 39.0 Å². The Kier molecular flexibility index (Phi) is 7.95. The van der Waals surface area contributed by atoms with Crippen molar-refractivity contribution in [3.05, 3.63) is 217 Å². The molecule has 0 amide bonds. The van der Waals surface area contributed by atoms with E-state index in [1.807, 2.05) is 0 Å². The number of benzene rings is 12. The Bertz CT molecular complexity index is 3900. The van der Waals surface area contributed by atoms with Gasteiger partial charge < -0.3 is 0 Å². The van der Waals surface area contributed by atoms with Crippen LogP contribution in [0.4, 0.5) is 0 Å². The smallest absolute Gasteiger partial charge is 0.0159 e. The van der Waals surface area contributed by atoms with Crippen LogP contribution in [0.2, 0.25) is 0 Å². The van der Waals surface area contributed by atoms with Gasteiger partial charge in [0.2, 0.25) is 0 Å². The lowest BCUT2D eigenvalue weighted by molar-refractivity contribution is 0.661. The van der Waals surface area contributed by atoms with Crippen LogP contribution in [0.3, 0.4) is 0 Å². The van der Waals surface area contributed by atoms with Crippen LogP contribution >= 0.6 is 0 Å². The molecule has 0 heteroatoms. The predicted octanol–water partition coefficient (Wildman–Crippen LogP) is 18.2. The first kappa shape index (κ1) is 37.1. The first-order valence-electron chi connectivity index (χ1n) is 22.9. The van der Waals surface area contributed by atoms with E-state index in [0.717, 1.165) is 0 Å². The standard InChI is InChI=1S/C64H46/c1-38(2)55-34-40(29-31-49(55)56-33-39-17-5-6-18-42(39)43-19-7-10-22-46(43)56)62-51-25-13-15-27-53(51)63(54-28-16-14-26-52(54)62)41-30-32-50-59-36-57-47-23-11-8-20-44(47)45-21-9-12-24-48(45)58(57)37-61(59)64(3,4)60(50)35-41/h5-38H,1-4H3. The van der Waals surface area contributed by atoms with E-state index in [4.69, 9.17) is 0 Å². The van der Waals surface area contributed by atoms with Gasteiger partial charge in [-0.2, -0.15) is 0 Å². The molecule has 0 aliphatic heterocycles. The van der Waals surface area contributed by atoms with Crippen molar-refractivity contribution < 1.29 is 0 Å². The fraction of sp³-hybridized carbons (Fsp3) is 0.0938. The summed E-state index contributed by atoms with van der Waals surface area (Å²) < 4.78 is 0. The summed E-state index contributed by atoms with van der Waals surface area (Å²) in [5, 5.41) is 18.2. The molecule has 0 unspecified atom stereocenters. The van der Waals surface area contributed by atoms with E-state index in [0.29, 0.717) is 5.92 Å². The van der Waals surface area contributed by atoms with Crippen molar-refractivity contribution in [1.82, 2.24) is 0 Å². The zero-order chi connectivity index (χ0) is 42.8. The maximum atomic E-state index is 2.52. The lowest BCUT2D eigenvalue weighted by Crippen LogP contribution is -2.15. The molecule has 0 atom stereocenters. The highest BCUT2D eigenvalue weighted by Crippen LogP contribution is 2.54. The Labute approximate surface area is 374 Å². The van der Waals surface area contributed by atoms with E-state index in [9.17, 15) is 0 Å². The second-order valence-corrected chi connectivity index (χ2v) is 18.9. The van der Waals surface area contributed by atoms with Crippen LogP contribution in [0, 0.1) is 0 Å². The Balaban J connectivity index is 1.00. The molecule has 302 valence electrons. The summed E-state index contributed by atoms with van der Waals surface area (Å²) in [6, 6.07) is 75.8. The van der Waals surface area contributed by atoms with E-state index in [1.54, 1.807) is 0 Å². The molecule has 0 fully saturated rings. The molecule has 12 aromatic rings. The van der Waals surface area contributed by atoms with Crippen LogP contribution in [-0.2, 0) is 5.41 Å².